The Morgan fingerprint density at radius 3 is 2.38 bits per heavy atom. The molecule has 1 unspecified atom stereocenters. The predicted octanol–water partition coefficient (Wildman–Crippen LogP) is 2.12. The molecule has 1 fully saturated rings. The minimum absolute atomic E-state index is 0.192. The van der Waals surface area contributed by atoms with Crippen LogP contribution in [0.1, 0.15) is 12.8 Å². The van der Waals surface area contributed by atoms with Gasteiger partial charge < -0.3 is 19.5 Å². The molecule has 1 atom stereocenters. The number of hydrogen-bond acceptors (Lipinski definition) is 4. The van der Waals surface area contributed by atoms with E-state index in [4.69, 9.17) is 9.47 Å². The third-order valence-corrected chi connectivity index (χ3v) is 4.14. The fraction of sp³-hybridized carbons (Fsp3) is 0.562. The maximum atomic E-state index is 11.5. The van der Waals surface area contributed by atoms with Crippen LogP contribution in [0.4, 0.5) is 0 Å². The molecule has 0 radical (unpaired) electrons. The molecule has 2 rings (SSSR count). The number of hydrogen-bond donors (Lipinski definition) is 1. The van der Waals surface area contributed by atoms with E-state index in [1.165, 1.54) is 0 Å². The van der Waals surface area contributed by atoms with Crippen LogP contribution < -0.4 is 9.47 Å². The van der Waals surface area contributed by atoms with E-state index in [0.29, 0.717) is 5.75 Å². The van der Waals surface area contributed by atoms with E-state index >= 15 is 0 Å². The van der Waals surface area contributed by atoms with Crippen molar-refractivity contribution in [1.82, 2.24) is 4.90 Å². The van der Waals surface area contributed by atoms with Gasteiger partial charge in [0, 0.05) is 0 Å². The average Bonchev–Trinajstić information content (AvgIpc) is 2.49. The first-order valence-corrected chi connectivity index (χ1v) is 7.28. The quantitative estimate of drug-likeness (QED) is 0.870. The van der Waals surface area contributed by atoms with Crippen LogP contribution in [0.5, 0.6) is 11.5 Å². The molecular formula is C16H23NO4. The number of rotatable bonds is 6. The van der Waals surface area contributed by atoms with Gasteiger partial charge in [-0.25, -0.2) is 0 Å². The first kappa shape index (κ1) is 15.6. The van der Waals surface area contributed by atoms with Crippen molar-refractivity contribution in [3.63, 3.8) is 0 Å². The van der Waals surface area contributed by atoms with Crippen molar-refractivity contribution >= 4 is 5.97 Å². The number of likely N-dealkylation sites (tertiary alicyclic amines) is 1. The Kier molecular flexibility index (Phi) is 5.44. The second-order valence-electron chi connectivity index (χ2n) is 5.57. The Hall–Kier alpha value is -1.75. The molecular weight excluding hydrogens is 270 g/mol. The standard InChI is InChI=1S/C16H23NO4/c1-17-9-7-12(8-10-17)15(16(18)19)11-21-14-5-3-13(20-2)4-6-14/h3-6,12,15H,7-11H2,1-2H3,(H,18,19). The van der Waals surface area contributed by atoms with Gasteiger partial charge in [-0.05, 0) is 63.2 Å². The molecule has 0 saturated carbocycles. The van der Waals surface area contributed by atoms with Gasteiger partial charge in [0.1, 0.15) is 18.1 Å². The van der Waals surface area contributed by atoms with Gasteiger partial charge in [-0.1, -0.05) is 0 Å². The zero-order chi connectivity index (χ0) is 15.2. The molecule has 1 saturated heterocycles. The average molecular weight is 293 g/mol. The summed E-state index contributed by atoms with van der Waals surface area (Å²) in [6.07, 6.45) is 1.83. The second kappa shape index (κ2) is 7.31. The Labute approximate surface area is 125 Å². The fourth-order valence-electron chi connectivity index (χ4n) is 2.70. The summed E-state index contributed by atoms with van der Waals surface area (Å²) in [7, 11) is 3.68. The second-order valence-corrected chi connectivity index (χ2v) is 5.57. The number of ether oxygens (including phenoxy) is 2. The number of carboxylic acid groups (broad SMARTS) is 1. The monoisotopic (exact) mass is 293 g/mol. The van der Waals surface area contributed by atoms with Crippen LogP contribution in [-0.4, -0.2) is 49.8 Å². The van der Waals surface area contributed by atoms with Gasteiger partial charge in [0.05, 0.1) is 13.0 Å². The lowest BCUT2D eigenvalue weighted by atomic mass is 9.85. The van der Waals surface area contributed by atoms with E-state index in [0.717, 1.165) is 31.7 Å². The molecule has 1 aliphatic rings. The molecule has 1 heterocycles. The zero-order valence-corrected chi connectivity index (χ0v) is 12.6. The molecule has 0 amide bonds. The Balaban J connectivity index is 1.91. The summed E-state index contributed by atoms with van der Waals surface area (Å²) in [6.45, 7) is 2.13. The largest absolute Gasteiger partial charge is 0.497 e. The van der Waals surface area contributed by atoms with Crippen molar-refractivity contribution in [2.45, 2.75) is 12.8 Å². The lowest BCUT2D eigenvalue weighted by Gasteiger charge is -2.32. The molecule has 1 aromatic rings. The zero-order valence-electron chi connectivity index (χ0n) is 12.6. The topological polar surface area (TPSA) is 59.0 Å². The van der Waals surface area contributed by atoms with Crippen molar-refractivity contribution in [2.24, 2.45) is 11.8 Å². The van der Waals surface area contributed by atoms with Gasteiger partial charge in [-0.2, -0.15) is 0 Å². The first-order chi connectivity index (χ1) is 10.1. The van der Waals surface area contributed by atoms with Crippen LogP contribution in [0.3, 0.4) is 0 Å². The van der Waals surface area contributed by atoms with E-state index in [2.05, 4.69) is 11.9 Å². The highest BCUT2D eigenvalue weighted by molar-refractivity contribution is 5.70. The number of benzene rings is 1. The van der Waals surface area contributed by atoms with Crippen molar-refractivity contribution in [3.05, 3.63) is 24.3 Å². The third kappa shape index (κ3) is 4.36. The normalized spacial score (nSPS) is 18.2. The van der Waals surface area contributed by atoms with E-state index in [1.54, 1.807) is 31.4 Å². The minimum Gasteiger partial charge on any atom is -0.497 e. The third-order valence-electron chi connectivity index (χ3n) is 4.14. The first-order valence-electron chi connectivity index (χ1n) is 7.28. The smallest absolute Gasteiger partial charge is 0.310 e. The maximum absolute atomic E-state index is 11.5. The molecule has 5 nitrogen and oxygen atoms in total. The molecule has 0 bridgehead atoms. The molecule has 1 N–H and O–H groups in total. The summed E-state index contributed by atoms with van der Waals surface area (Å²) >= 11 is 0. The number of carbonyl (C=O) groups is 1. The van der Waals surface area contributed by atoms with Crippen LogP contribution in [-0.2, 0) is 4.79 Å². The summed E-state index contributed by atoms with van der Waals surface area (Å²) < 4.78 is 10.7. The Bertz CT molecular complexity index is 452. The summed E-state index contributed by atoms with van der Waals surface area (Å²) in [5.74, 6) is 0.415. The summed E-state index contributed by atoms with van der Waals surface area (Å²) in [6, 6.07) is 7.21. The van der Waals surface area contributed by atoms with E-state index in [1.807, 2.05) is 0 Å². The van der Waals surface area contributed by atoms with Crippen LogP contribution in [0.15, 0.2) is 24.3 Å². The van der Waals surface area contributed by atoms with Gasteiger partial charge in [-0.3, -0.25) is 4.79 Å². The lowest BCUT2D eigenvalue weighted by Crippen LogP contribution is -2.38. The van der Waals surface area contributed by atoms with E-state index in [9.17, 15) is 9.90 Å². The SMILES string of the molecule is COc1ccc(OCC(C(=O)O)C2CCN(C)CC2)cc1. The van der Waals surface area contributed by atoms with Gasteiger partial charge in [-0.15, -0.1) is 0 Å². The Morgan fingerprint density at radius 2 is 1.86 bits per heavy atom. The van der Waals surface area contributed by atoms with Crippen molar-refractivity contribution in [2.75, 3.05) is 33.9 Å². The van der Waals surface area contributed by atoms with Gasteiger partial charge in [0.15, 0.2) is 0 Å². The van der Waals surface area contributed by atoms with Crippen LogP contribution >= 0.6 is 0 Å². The van der Waals surface area contributed by atoms with Crippen molar-refractivity contribution in [1.29, 1.82) is 0 Å². The maximum Gasteiger partial charge on any atom is 0.310 e. The van der Waals surface area contributed by atoms with Crippen molar-refractivity contribution < 1.29 is 19.4 Å². The van der Waals surface area contributed by atoms with Crippen LogP contribution in [0, 0.1) is 11.8 Å². The highest BCUT2D eigenvalue weighted by Crippen LogP contribution is 2.26. The molecule has 0 spiro atoms. The summed E-state index contributed by atoms with van der Waals surface area (Å²) in [4.78, 5) is 13.7. The van der Waals surface area contributed by atoms with Gasteiger partial charge in [0.2, 0.25) is 0 Å². The molecule has 0 aromatic heterocycles. The van der Waals surface area contributed by atoms with Crippen molar-refractivity contribution in [3.8, 4) is 11.5 Å². The van der Waals surface area contributed by atoms with Gasteiger partial charge >= 0.3 is 5.97 Å². The van der Waals surface area contributed by atoms with Crippen LogP contribution in [0.2, 0.25) is 0 Å². The summed E-state index contributed by atoms with van der Waals surface area (Å²) in [5.41, 5.74) is 0. The molecule has 1 aromatic carbocycles. The van der Waals surface area contributed by atoms with E-state index < -0.39 is 11.9 Å². The Morgan fingerprint density at radius 1 is 1.29 bits per heavy atom. The number of carboxylic acids is 1. The van der Waals surface area contributed by atoms with Crippen LogP contribution in [0.25, 0.3) is 0 Å². The fourth-order valence-corrected chi connectivity index (χ4v) is 2.70. The number of piperidine rings is 1. The highest BCUT2D eigenvalue weighted by Gasteiger charge is 2.31. The lowest BCUT2D eigenvalue weighted by molar-refractivity contribution is -0.145. The number of nitrogens with zero attached hydrogens (tertiary/aromatic N) is 1. The molecule has 0 aliphatic carbocycles. The molecule has 116 valence electrons. The highest BCUT2D eigenvalue weighted by atomic mass is 16.5. The van der Waals surface area contributed by atoms with Gasteiger partial charge in [0.25, 0.3) is 0 Å². The minimum atomic E-state index is -0.766. The molecule has 21 heavy (non-hydrogen) atoms. The predicted molar refractivity (Wildman–Crippen MR) is 79.8 cm³/mol. The molecule has 5 heteroatoms. The number of methoxy groups -OCH3 is 1. The molecule has 1 aliphatic heterocycles. The summed E-state index contributed by atoms with van der Waals surface area (Å²) in [5, 5.41) is 9.44. The van der Waals surface area contributed by atoms with E-state index in [-0.39, 0.29) is 12.5 Å². The number of aliphatic carboxylic acids is 1.